The molecule has 2 unspecified atom stereocenters. The van der Waals surface area contributed by atoms with Crippen LogP contribution >= 0.6 is 10.5 Å². The summed E-state index contributed by atoms with van der Waals surface area (Å²) in [7, 11) is -7.91. The molecule has 1 heterocycles. The number of ether oxygens (including phenoxy) is 2. The lowest BCUT2D eigenvalue weighted by Crippen LogP contribution is -2.60. The number of aliphatic hydroxyl groups is 1. The molecule has 0 fully saturated rings. The predicted molar refractivity (Wildman–Crippen MR) is 133 cm³/mol. The highest BCUT2D eigenvalue weighted by Gasteiger charge is 2.71. The van der Waals surface area contributed by atoms with Crippen molar-refractivity contribution in [3.05, 3.63) is 66.7 Å². The zero-order chi connectivity index (χ0) is 33.1. The van der Waals surface area contributed by atoms with Crippen molar-refractivity contribution in [3.63, 3.8) is 0 Å². The van der Waals surface area contributed by atoms with E-state index < -0.39 is 74.2 Å². The Kier molecular flexibility index (Phi) is 8.28. The van der Waals surface area contributed by atoms with Crippen LogP contribution in [0.4, 0.5) is 48.3 Å². The van der Waals surface area contributed by atoms with Crippen LogP contribution in [0.25, 0.3) is 25.1 Å². The van der Waals surface area contributed by atoms with Crippen LogP contribution in [0.5, 0.6) is 11.5 Å². The molecule has 0 spiro atoms. The summed E-state index contributed by atoms with van der Waals surface area (Å²) in [6.07, 6.45) is -22.5. The van der Waals surface area contributed by atoms with Crippen LogP contribution in [0.1, 0.15) is 0 Å². The number of benzene rings is 3. The van der Waals surface area contributed by atoms with Gasteiger partial charge in [0.25, 0.3) is 11.7 Å². The summed E-state index contributed by atoms with van der Waals surface area (Å²) in [6, 6.07) is 13.7. The summed E-state index contributed by atoms with van der Waals surface area (Å²) < 4.78 is 188. The third-order valence-electron chi connectivity index (χ3n) is 6.20. The first-order valence-corrected chi connectivity index (χ1v) is 14.3. The molecule has 2 atom stereocenters. The van der Waals surface area contributed by atoms with E-state index in [1.165, 1.54) is 30.3 Å². The van der Waals surface area contributed by atoms with E-state index in [4.69, 9.17) is 0 Å². The molecule has 44 heavy (non-hydrogen) atoms. The van der Waals surface area contributed by atoms with Gasteiger partial charge < -0.3 is 19.1 Å². The first kappa shape index (κ1) is 33.5. The number of hydrogen-bond acceptors (Lipinski definition) is 6. The van der Waals surface area contributed by atoms with Gasteiger partial charge in [0.1, 0.15) is 18.1 Å². The first-order valence-electron chi connectivity index (χ1n) is 11.6. The van der Waals surface area contributed by atoms with Crippen LogP contribution in [0, 0.1) is 0 Å². The lowest BCUT2D eigenvalue weighted by atomic mass is 10.0. The molecule has 0 amide bonds. The summed E-state index contributed by atoms with van der Waals surface area (Å²) >= 11 is 0. The predicted octanol–water partition coefficient (Wildman–Crippen LogP) is 7.41. The summed E-state index contributed by atoms with van der Waals surface area (Å²) in [5.41, 5.74) is -5.16. The molecule has 0 saturated heterocycles. The third-order valence-corrected chi connectivity index (χ3v) is 9.42. The van der Waals surface area contributed by atoms with Gasteiger partial charge in [0.2, 0.25) is 0 Å². The number of thiophene rings is 1. The average Bonchev–Trinajstić information content (AvgIpc) is 3.21. The van der Waals surface area contributed by atoms with Crippen molar-refractivity contribution in [2.45, 2.75) is 35.5 Å². The van der Waals surface area contributed by atoms with Crippen LogP contribution in [0.15, 0.2) is 66.7 Å². The molecule has 6 nitrogen and oxygen atoms in total. The van der Waals surface area contributed by atoms with E-state index in [1.807, 2.05) is 0 Å². The molecule has 0 radical (unpaired) electrons. The maximum absolute atomic E-state index is 14.0. The Hall–Kier alpha value is -3.42. The largest absolute Gasteiger partial charge is 0.743 e. The van der Waals surface area contributed by atoms with Crippen LogP contribution in [0.2, 0.25) is 0 Å². The Labute approximate surface area is 241 Å². The molecule has 0 aliphatic carbocycles. The monoisotopic (exact) mass is 684 g/mol. The topological polar surface area (TPSA) is 95.9 Å². The molecule has 0 aliphatic heterocycles. The van der Waals surface area contributed by atoms with Crippen molar-refractivity contribution in [1.82, 2.24) is 0 Å². The Balaban J connectivity index is 1.73. The zero-order valence-corrected chi connectivity index (χ0v) is 22.7. The lowest BCUT2D eigenvalue weighted by Gasteiger charge is -2.31. The number of hydrogen-bond donors (Lipinski definition) is 1. The third kappa shape index (κ3) is 5.96. The van der Waals surface area contributed by atoms with Gasteiger partial charge in [-0.1, -0.05) is 12.1 Å². The van der Waals surface area contributed by atoms with E-state index in [1.54, 1.807) is 12.1 Å². The van der Waals surface area contributed by atoms with E-state index in [0.717, 1.165) is 24.3 Å². The first-order chi connectivity index (χ1) is 20.0. The minimum atomic E-state index is -6.80. The molecule has 0 bridgehead atoms. The van der Waals surface area contributed by atoms with E-state index in [0.29, 0.717) is 19.7 Å². The smallest absolute Gasteiger partial charge is 0.432 e. The Morgan fingerprint density at radius 3 is 1.80 bits per heavy atom. The second kappa shape index (κ2) is 10.9. The highest BCUT2D eigenvalue weighted by molar-refractivity contribution is 7.86. The molecule has 19 heteroatoms. The number of halogens is 11. The molecular formula is C25H15F11O6S2. The van der Waals surface area contributed by atoms with Crippen LogP contribution < -0.4 is 9.47 Å². The fourth-order valence-electron chi connectivity index (χ4n) is 3.99. The van der Waals surface area contributed by atoms with E-state index in [-0.39, 0.29) is 5.39 Å². The fraction of sp³-hybridized carbons (Fsp3) is 0.280. The minimum Gasteiger partial charge on any atom is -0.743 e. The quantitative estimate of drug-likeness (QED) is 0.118. The van der Waals surface area contributed by atoms with Crippen molar-refractivity contribution < 1.29 is 75.8 Å². The molecule has 0 aliphatic rings. The van der Waals surface area contributed by atoms with Gasteiger partial charge in [-0.3, -0.25) is 0 Å². The van der Waals surface area contributed by atoms with Gasteiger partial charge in [-0.2, -0.15) is 48.3 Å². The lowest BCUT2D eigenvalue weighted by molar-refractivity contribution is -0.373. The second-order valence-corrected chi connectivity index (χ2v) is 12.5. The molecule has 0 saturated carbocycles. The molecule has 4 rings (SSSR count). The fourth-order valence-corrected chi connectivity index (χ4v) is 6.79. The van der Waals surface area contributed by atoms with Gasteiger partial charge in [-0.05, 0) is 36.4 Å². The summed E-state index contributed by atoms with van der Waals surface area (Å²) in [5, 5.41) is 3.92. The van der Waals surface area contributed by atoms with Crippen molar-refractivity contribution in [3.8, 4) is 16.4 Å². The molecule has 3 aromatic carbocycles. The van der Waals surface area contributed by atoms with Gasteiger partial charge in [0.15, 0.2) is 24.4 Å². The van der Waals surface area contributed by atoms with E-state index >= 15 is 0 Å². The summed E-state index contributed by atoms with van der Waals surface area (Å²) in [5.74, 6) is -1.34. The maximum atomic E-state index is 14.0. The number of alkyl halides is 11. The highest BCUT2D eigenvalue weighted by atomic mass is 32.2. The van der Waals surface area contributed by atoms with Gasteiger partial charge >= 0.3 is 23.8 Å². The normalized spacial score (nSPS) is 15.1. The summed E-state index contributed by atoms with van der Waals surface area (Å²) in [6.45, 7) is -2.20. The van der Waals surface area contributed by atoms with Gasteiger partial charge in [0, 0.05) is 34.1 Å². The van der Waals surface area contributed by atoms with E-state index in [2.05, 4.69) is 9.47 Å². The molecule has 4 aromatic rings. The Morgan fingerprint density at radius 1 is 0.750 bits per heavy atom. The minimum absolute atomic E-state index is 0.163. The van der Waals surface area contributed by atoms with Crippen LogP contribution in [0.3, 0.4) is 0 Å². The zero-order valence-electron chi connectivity index (χ0n) is 21.1. The molecular weight excluding hydrogens is 669 g/mol. The molecule has 1 N–H and O–H groups in total. The SMILES string of the molecule is O=S(=O)([O-])C(F)(F)C(Oc1ccc2c(c1)c1ccccc1[s+]2-c1ccc(OCC(O)(C(F)(F)F)C(F)(F)F)cc1)C(F)(F)F. The van der Waals surface area contributed by atoms with Gasteiger partial charge in [0.05, 0.1) is 5.39 Å². The standard InChI is InChI=1S/C25H15F11O6S2/c26-22(27,28)20(23(29,30)44(38,39)40)42-14-7-10-19-17(11-14)16-3-1-2-4-18(16)43(19)15-8-5-13(6-9-15)41-12-21(37,24(31,32)33)25(34,35)36/h1-11,20,37H,12H2. The van der Waals surface area contributed by atoms with Crippen molar-refractivity contribution in [1.29, 1.82) is 0 Å². The molecule has 240 valence electrons. The maximum Gasteiger partial charge on any atom is 0.432 e. The van der Waals surface area contributed by atoms with Crippen molar-refractivity contribution in [2.75, 3.05) is 6.61 Å². The van der Waals surface area contributed by atoms with Crippen LogP contribution in [-0.2, 0) is 10.1 Å². The highest BCUT2D eigenvalue weighted by Crippen LogP contribution is 2.50. The summed E-state index contributed by atoms with van der Waals surface area (Å²) in [4.78, 5) is 0.385. The Bertz CT molecular complexity index is 1760. The van der Waals surface area contributed by atoms with Crippen molar-refractivity contribution in [2.24, 2.45) is 0 Å². The van der Waals surface area contributed by atoms with Crippen molar-refractivity contribution >= 4 is 40.8 Å². The average molecular weight is 685 g/mol. The second-order valence-electron chi connectivity index (χ2n) is 9.13. The van der Waals surface area contributed by atoms with Gasteiger partial charge in [-0.25, -0.2) is 8.42 Å². The van der Waals surface area contributed by atoms with E-state index in [9.17, 15) is 66.4 Å². The Morgan fingerprint density at radius 2 is 1.27 bits per heavy atom. The van der Waals surface area contributed by atoms with Gasteiger partial charge in [-0.15, -0.1) is 0 Å². The number of fused-ring (bicyclic) bond motifs is 3. The number of rotatable bonds is 8. The van der Waals surface area contributed by atoms with Crippen LogP contribution in [-0.4, -0.2) is 60.2 Å². The molecule has 1 aromatic heterocycles.